The Bertz CT molecular complexity index is 250. The number of hydrogen-bond donors (Lipinski definition) is 2. The van der Waals surface area contributed by atoms with Gasteiger partial charge in [-0.15, -0.1) is 0 Å². The Kier molecular flexibility index (Phi) is 7.11. The molecule has 6 heteroatoms. The molecule has 0 saturated carbocycles. The number of primary amides is 2. The molecule has 0 fully saturated rings. The van der Waals surface area contributed by atoms with Crippen molar-refractivity contribution in [2.45, 2.75) is 26.2 Å². The molecule has 16 heavy (non-hydrogen) atoms. The van der Waals surface area contributed by atoms with E-state index in [9.17, 15) is 14.4 Å². The molecule has 0 aliphatic rings. The van der Waals surface area contributed by atoms with E-state index < -0.39 is 11.8 Å². The van der Waals surface area contributed by atoms with Crippen LogP contribution in [0.15, 0.2) is 0 Å². The van der Waals surface area contributed by atoms with E-state index in [1.807, 2.05) is 0 Å². The minimum atomic E-state index is -0.493. The number of hydrogen-bond acceptors (Lipinski definition) is 4. The van der Waals surface area contributed by atoms with Gasteiger partial charge in [0.25, 0.3) is 0 Å². The van der Waals surface area contributed by atoms with Crippen molar-refractivity contribution in [2.24, 2.45) is 11.5 Å². The normalized spacial score (nSPS) is 10.4. The molecule has 0 spiro atoms. The second kappa shape index (κ2) is 7.81. The van der Waals surface area contributed by atoms with Gasteiger partial charge in [-0.1, -0.05) is 0 Å². The highest BCUT2D eigenvalue weighted by molar-refractivity contribution is 5.79. The maximum atomic E-state index is 10.7. The Morgan fingerprint density at radius 2 is 1.50 bits per heavy atom. The molecule has 92 valence electrons. The summed E-state index contributed by atoms with van der Waals surface area (Å²) in [7, 11) is 0. The standard InChI is InChI=1S/C10H19N3O3/c1-8(14)4-2-3-5-13(6-9(11)15)7-10(12)16/h2-7H2,1H3,(H2,11,15)(H2,12,16). The van der Waals surface area contributed by atoms with Crippen LogP contribution in [0.1, 0.15) is 26.2 Å². The minimum Gasteiger partial charge on any atom is -0.369 e. The molecule has 0 saturated heterocycles. The highest BCUT2D eigenvalue weighted by Crippen LogP contribution is 1.99. The summed E-state index contributed by atoms with van der Waals surface area (Å²) in [6.45, 7) is 2.11. The van der Waals surface area contributed by atoms with Gasteiger partial charge in [0.2, 0.25) is 11.8 Å². The molecule has 0 aromatic rings. The molecule has 0 heterocycles. The number of unbranched alkanes of at least 4 members (excludes halogenated alkanes) is 1. The first-order chi connectivity index (χ1) is 7.41. The quantitative estimate of drug-likeness (QED) is 0.495. The first-order valence-electron chi connectivity index (χ1n) is 5.20. The Hall–Kier alpha value is -1.43. The SMILES string of the molecule is CC(=O)CCCCN(CC(N)=O)CC(N)=O. The average Bonchev–Trinajstić information content (AvgIpc) is 2.09. The van der Waals surface area contributed by atoms with Crippen molar-refractivity contribution in [3.63, 3.8) is 0 Å². The third-order valence-corrected chi connectivity index (χ3v) is 2.01. The molecule has 0 aromatic carbocycles. The molecule has 0 bridgehead atoms. The number of carbonyl (C=O) groups excluding carboxylic acids is 3. The van der Waals surface area contributed by atoms with Gasteiger partial charge in [-0.05, 0) is 26.3 Å². The van der Waals surface area contributed by atoms with Crippen LogP contribution in [0.4, 0.5) is 0 Å². The van der Waals surface area contributed by atoms with E-state index in [1.165, 1.54) is 6.92 Å². The molecule has 0 aliphatic carbocycles. The third kappa shape index (κ3) is 9.14. The number of ketones is 1. The fourth-order valence-corrected chi connectivity index (χ4v) is 1.36. The lowest BCUT2D eigenvalue weighted by molar-refractivity contribution is -0.122. The second-order valence-corrected chi connectivity index (χ2v) is 3.80. The van der Waals surface area contributed by atoms with Gasteiger partial charge in [0.1, 0.15) is 5.78 Å². The molecule has 0 atom stereocenters. The molecule has 4 N–H and O–H groups in total. The van der Waals surface area contributed by atoms with Crippen molar-refractivity contribution in [1.29, 1.82) is 0 Å². The van der Waals surface area contributed by atoms with Crippen LogP contribution in [-0.4, -0.2) is 42.1 Å². The first kappa shape index (κ1) is 14.6. The van der Waals surface area contributed by atoms with Crippen LogP contribution in [0.5, 0.6) is 0 Å². The number of rotatable bonds is 9. The van der Waals surface area contributed by atoms with Crippen molar-refractivity contribution in [3.8, 4) is 0 Å². The topological polar surface area (TPSA) is 106 Å². The zero-order valence-electron chi connectivity index (χ0n) is 9.57. The van der Waals surface area contributed by atoms with Gasteiger partial charge in [-0.25, -0.2) is 0 Å². The summed E-state index contributed by atoms with van der Waals surface area (Å²) < 4.78 is 0. The Labute approximate surface area is 94.9 Å². The number of amides is 2. The van der Waals surface area contributed by atoms with Crippen LogP contribution in [0.3, 0.4) is 0 Å². The predicted octanol–water partition coefficient (Wildman–Crippen LogP) is -0.982. The Morgan fingerprint density at radius 3 is 1.88 bits per heavy atom. The van der Waals surface area contributed by atoms with E-state index in [1.54, 1.807) is 4.90 Å². The summed E-state index contributed by atoms with van der Waals surface area (Å²) in [6, 6.07) is 0. The summed E-state index contributed by atoms with van der Waals surface area (Å²) in [5.74, 6) is -0.850. The van der Waals surface area contributed by atoms with E-state index in [4.69, 9.17) is 11.5 Å². The van der Waals surface area contributed by atoms with Crippen LogP contribution in [0.25, 0.3) is 0 Å². The van der Waals surface area contributed by atoms with Crippen LogP contribution in [0, 0.1) is 0 Å². The summed E-state index contributed by atoms with van der Waals surface area (Å²) in [4.78, 5) is 33.7. The van der Waals surface area contributed by atoms with Crippen molar-refractivity contribution in [1.82, 2.24) is 4.90 Å². The van der Waals surface area contributed by atoms with Crippen molar-refractivity contribution in [3.05, 3.63) is 0 Å². The molecular formula is C10H19N3O3. The van der Waals surface area contributed by atoms with Gasteiger partial charge in [0.05, 0.1) is 13.1 Å². The van der Waals surface area contributed by atoms with Crippen LogP contribution < -0.4 is 11.5 Å². The van der Waals surface area contributed by atoms with Crippen molar-refractivity contribution in [2.75, 3.05) is 19.6 Å². The van der Waals surface area contributed by atoms with Gasteiger partial charge in [-0.3, -0.25) is 14.5 Å². The Balaban J connectivity index is 3.86. The third-order valence-electron chi connectivity index (χ3n) is 2.01. The highest BCUT2D eigenvalue weighted by atomic mass is 16.2. The van der Waals surface area contributed by atoms with Gasteiger partial charge >= 0.3 is 0 Å². The molecule has 2 amide bonds. The summed E-state index contributed by atoms with van der Waals surface area (Å²) in [5, 5.41) is 0. The largest absolute Gasteiger partial charge is 0.369 e. The number of Topliss-reactive ketones (excluding diaryl/α,β-unsaturated/α-hetero) is 1. The van der Waals surface area contributed by atoms with E-state index >= 15 is 0 Å². The number of nitrogens with zero attached hydrogens (tertiary/aromatic N) is 1. The lowest BCUT2D eigenvalue weighted by Crippen LogP contribution is -2.40. The summed E-state index contributed by atoms with van der Waals surface area (Å²) >= 11 is 0. The lowest BCUT2D eigenvalue weighted by Gasteiger charge is -2.18. The zero-order valence-corrected chi connectivity index (χ0v) is 9.57. The fourth-order valence-electron chi connectivity index (χ4n) is 1.36. The monoisotopic (exact) mass is 229 g/mol. The highest BCUT2D eigenvalue weighted by Gasteiger charge is 2.10. The number of carbonyl (C=O) groups is 3. The lowest BCUT2D eigenvalue weighted by atomic mass is 10.2. The summed E-state index contributed by atoms with van der Waals surface area (Å²) in [6.07, 6.45) is 1.99. The van der Waals surface area contributed by atoms with Crippen LogP contribution >= 0.6 is 0 Å². The molecular weight excluding hydrogens is 210 g/mol. The molecule has 0 unspecified atom stereocenters. The van der Waals surface area contributed by atoms with E-state index in [0.29, 0.717) is 13.0 Å². The molecule has 6 nitrogen and oxygen atoms in total. The smallest absolute Gasteiger partial charge is 0.231 e. The molecule has 0 rings (SSSR count). The average molecular weight is 229 g/mol. The van der Waals surface area contributed by atoms with E-state index in [2.05, 4.69) is 0 Å². The van der Waals surface area contributed by atoms with Crippen LogP contribution in [-0.2, 0) is 14.4 Å². The zero-order chi connectivity index (χ0) is 12.6. The van der Waals surface area contributed by atoms with Gasteiger partial charge in [0.15, 0.2) is 0 Å². The van der Waals surface area contributed by atoms with E-state index in [-0.39, 0.29) is 18.9 Å². The van der Waals surface area contributed by atoms with E-state index in [0.717, 1.165) is 12.8 Å². The maximum absolute atomic E-state index is 10.7. The fraction of sp³-hybridized carbons (Fsp3) is 0.700. The predicted molar refractivity (Wildman–Crippen MR) is 59.4 cm³/mol. The van der Waals surface area contributed by atoms with Gasteiger partial charge in [0, 0.05) is 6.42 Å². The summed E-state index contributed by atoms with van der Waals surface area (Å²) in [5.41, 5.74) is 10.1. The van der Waals surface area contributed by atoms with Crippen molar-refractivity contribution < 1.29 is 14.4 Å². The first-order valence-corrected chi connectivity index (χ1v) is 5.20. The maximum Gasteiger partial charge on any atom is 0.231 e. The number of nitrogens with two attached hydrogens (primary N) is 2. The molecule has 0 aliphatic heterocycles. The minimum absolute atomic E-state index is 0.0169. The van der Waals surface area contributed by atoms with Gasteiger partial charge in [-0.2, -0.15) is 0 Å². The Morgan fingerprint density at radius 1 is 1.00 bits per heavy atom. The molecule has 0 aromatic heterocycles. The molecule has 0 radical (unpaired) electrons. The second-order valence-electron chi connectivity index (χ2n) is 3.80. The van der Waals surface area contributed by atoms with Crippen LogP contribution in [0.2, 0.25) is 0 Å². The van der Waals surface area contributed by atoms with Crippen molar-refractivity contribution >= 4 is 17.6 Å². The van der Waals surface area contributed by atoms with Gasteiger partial charge < -0.3 is 16.3 Å².